The fraction of sp³-hybridized carbons (Fsp3) is 0.786. The van der Waals surface area contributed by atoms with Gasteiger partial charge in [0.2, 0.25) is 17.8 Å². The van der Waals surface area contributed by atoms with Crippen LogP contribution in [0.15, 0.2) is 0 Å². The molecular weight excluding hydrogens is 252 g/mol. The predicted molar refractivity (Wildman–Crippen MR) is 82.8 cm³/mol. The Morgan fingerprint density at radius 1 is 1.20 bits per heavy atom. The first-order valence-corrected chi connectivity index (χ1v) is 7.55. The van der Waals surface area contributed by atoms with E-state index < -0.39 is 0 Å². The Morgan fingerprint density at radius 2 is 1.90 bits per heavy atom. The summed E-state index contributed by atoms with van der Waals surface area (Å²) in [6.07, 6.45) is 7.72. The monoisotopic (exact) mass is 278 g/mol. The van der Waals surface area contributed by atoms with E-state index in [0.29, 0.717) is 17.9 Å². The minimum Gasteiger partial charge on any atom is -0.368 e. The van der Waals surface area contributed by atoms with Crippen molar-refractivity contribution in [1.82, 2.24) is 15.0 Å². The molecule has 1 aromatic rings. The molecule has 1 unspecified atom stereocenters. The minimum atomic E-state index is 0.268. The summed E-state index contributed by atoms with van der Waals surface area (Å²) in [5.74, 6) is 2.18. The third-order valence-electron chi connectivity index (χ3n) is 4.01. The van der Waals surface area contributed by atoms with Crippen LogP contribution in [-0.2, 0) is 0 Å². The van der Waals surface area contributed by atoms with Gasteiger partial charge in [-0.15, -0.1) is 0 Å². The largest absolute Gasteiger partial charge is 0.368 e. The molecule has 0 radical (unpaired) electrons. The highest BCUT2D eigenvalue weighted by Crippen LogP contribution is 2.29. The molecule has 1 aliphatic rings. The lowest BCUT2D eigenvalue weighted by Gasteiger charge is -2.30. The Kier molecular flexibility index (Phi) is 4.98. The fourth-order valence-electron chi connectivity index (χ4n) is 2.90. The number of aromatic nitrogens is 3. The highest BCUT2D eigenvalue weighted by molar-refractivity contribution is 5.41. The van der Waals surface area contributed by atoms with Crippen molar-refractivity contribution in [3.8, 4) is 0 Å². The number of rotatable bonds is 5. The van der Waals surface area contributed by atoms with E-state index in [2.05, 4.69) is 27.2 Å². The van der Waals surface area contributed by atoms with Gasteiger partial charge in [0.25, 0.3) is 0 Å². The van der Waals surface area contributed by atoms with E-state index >= 15 is 0 Å². The van der Waals surface area contributed by atoms with Crippen molar-refractivity contribution in [2.24, 2.45) is 5.92 Å². The van der Waals surface area contributed by atoms with Crippen LogP contribution in [0.4, 0.5) is 17.8 Å². The first kappa shape index (κ1) is 14.8. The molecule has 0 aliphatic heterocycles. The summed E-state index contributed by atoms with van der Waals surface area (Å²) >= 11 is 0. The van der Waals surface area contributed by atoms with Crippen LogP contribution >= 0.6 is 0 Å². The van der Waals surface area contributed by atoms with E-state index in [4.69, 9.17) is 5.73 Å². The van der Waals surface area contributed by atoms with Gasteiger partial charge in [-0.2, -0.15) is 15.0 Å². The van der Waals surface area contributed by atoms with Crippen LogP contribution in [0.25, 0.3) is 0 Å². The van der Waals surface area contributed by atoms with Crippen LogP contribution < -0.4 is 16.0 Å². The molecule has 6 nitrogen and oxygen atoms in total. The predicted octanol–water partition coefficient (Wildman–Crippen LogP) is 2.29. The molecule has 112 valence electrons. The smallest absolute Gasteiger partial charge is 0.231 e. The average molecular weight is 278 g/mol. The van der Waals surface area contributed by atoms with Gasteiger partial charge in [-0.1, -0.05) is 26.2 Å². The van der Waals surface area contributed by atoms with Crippen molar-refractivity contribution >= 4 is 17.8 Å². The second-order valence-corrected chi connectivity index (χ2v) is 5.77. The van der Waals surface area contributed by atoms with Crippen LogP contribution in [0.1, 0.15) is 45.4 Å². The highest BCUT2D eigenvalue weighted by Gasteiger charge is 2.23. The zero-order valence-electron chi connectivity index (χ0n) is 12.8. The quantitative estimate of drug-likeness (QED) is 0.860. The zero-order valence-corrected chi connectivity index (χ0v) is 12.8. The molecule has 0 spiro atoms. The van der Waals surface area contributed by atoms with Gasteiger partial charge in [0.15, 0.2) is 0 Å². The number of nitrogens with zero attached hydrogens (tertiary/aromatic N) is 4. The lowest BCUT2D eigenvalue weighted by molar-refractivity contribution is 0.312. The summed E-state index contributed by atoms with van der Waals surface area (Å²) in [6, 6.07) is 0.423. The summed E-state index contributed by atoms with van der Waals surface area (Å²) in [6.45, 7) is 2.21. The van der Waals surface area contributed by atoms with Crippen molar-refractivity contribution in [3.05, 3.63) is 0 Å². The van der Waals surface area contributed by atoms with Crippen LogP contribution in [0.5, 0.6) is 0 Å². The van der Waals surface area contributed by atoms with Crippen LogP contribution in [0, 0.1) is 5.92 Å². The van der Waals surface area contributed by atoms with Crippen molar-refractivity contribution in [2.45, 2.75) is 51.5 Å². The number of nitrogen functional groups attached to an aromatic ring is 1. The lowest BCUT2D eigenvalue weighted by Crippen LogP contribution is -2.31. The van der Waals surface area contributed by atoms with E-state index in [-0.39, 0.29) is 5.95 Å². The number of anilines is 3. The van der Waals surface area contributed by atoms with E-state index in [1.165, 1.54) is 32.1 Å². The van der Waals surface area contributed by atoms with Gasteiger partial charge in [0.1, 0.15) is 0 Å². The number of hydrogen-bond donors (Lipinski definition) is 2. The molecule has 1 fully saturated rings. The molecule has 6 heteroatoms. The molecule has 0 aromatic carbocycles. The molecule has 3 N–H and O–H groups in total. The Labute approximate surface area is 121 Å². The van der Waals surface area contributed by atoms with Gasteiger partial charge < -0.3 is 16.0 Å². The molecular formula is C14H26N6. The van der Waals surface area contributed by atoms with E-state index in [9.17, 15) is 0 Å². The van der Waals surface area contributed by atoms with Gasteiger partial charge in [0.05, 0.1) is 0 Å². The SMILES string of the molecule is CCC(Nc1nc(N)nc(N(C)C)n1)C1CCCCC1. The standard InChI is InChI=1S/C14H26N6/c1-4-11(10-8-6-5-7-9-10)16-13-17-12(15)18-14(19-13)20(2)3/h10-11H,4-9H2,1-3H3,(H3,15,16,17,18,19). The van der Waals surface area contributed by atoms with Crippen molar-refractivity contribution in [2.75, 3.05) is 30.0 Å². The Bertz CT molecular complexity index is 428. The third-order valence-corrected chi connectivity index (χ3v) is 4.01. The van der Waals surface area contributed by atoms with E-state index in [1.807, 2.05) is 19.0 Å². The normalized spacial score (nSPS) is 17.8. The summed E-state index contributed by atoms with van der Waals surface area (Å²) in [4.78, 5) is 14.6. The highest BCUT2D eigenvalue weighted by atomic mass is 15.3. The van der Waals surface area contributed by atoms with Crippen molar-refractivity contribution in [1.29, 1.82) is 0 Å². The van der Waals surface area contributed by atoms with E-state index in [0.717, 1.165) is 12.3 Å². The molecule has 0 saturated heterocycles. The van der Waals surface area contributed by atoms with Crippen molar-refractivity contribution in [3.63, 3.8) is 0 Å². The van der Waals surface area contributed by atoms with Crippen LogP contribution in [0.3, 0.4) is 0 Å². The first-order valence-electron chi connectivity index (χ1n) is 7.55. The maximum atomic E-state index is 5.76. The first-order chi connectivity index (χ1) is 9.60. The summed E-state index contributed by atoms with van der Waals surface area (Å²) in [5.41, 5.74) is 5.76. The molecule has 1 saturated carbocycles. The Balaban J connectivity index is 2.10. The summed E-state index contributed by atoms with van der Waals surface area (Å²) in [5, 5.41) is 3.47. The molecule has 1 heterocycles. The van der Waals surface area contributed by atoms with Crippen LogP contribution in [0.2, 0.25) is 0 Å². The van der Waals surface area contributed by atoms with Crippen molar-refractivity contribution < 1.29 is 0 Å². The Hall–Kier alpha value is -1.59. The molecule has 1 atom stereocenters. The molecule has 1 aromatic heterocycles. The van der Waals surface area contributed by atoms with Gasteiger partial charge in [-0.3, -0.25) is 0 Å². The van der Waals surface area contributed by atoms with E-state index in [1.54, 1.807) is 0 Å². The fourth-order valence-corrected chi connectivity index (χ4v) is 2.90. The summed E-state index contributed by atoms with van der Waals surface area (Å²) < 4.78 is 0. The number of nitrogens with one attached hydrogen (secondary N) is 1. The van der Waals surface area contributed by atoms with Gasteiger partial charge in [-0.25, -0.2) is 0 Å². The molecule has 2 rings (SSSR count). The number of nitrogens with two attached hydrogens (primary N) is 1. The zero-order chi connectivity index (χ0) is 14.5. The van der Waals surface area contributed by atoms with Gasteiger partial charge >= 0.3 is 0 Å². The Morgan fingerprint density at radius 3 is 2.50 bits per heavy atom. The lowest BCUT2D eigenvalue weighted by atomic mass is 9.83. The average Bonchev–Trinajstić information content (AvgIpc) is 2.45. The molecule has 0 bridgehead atoms. The number of hydrogen-bond acceptors (Lipinski definition) is 6. The maximum absolute atomic E-state index is 5.76. The molecule has 20 heavy (non-hydrogen) atoms. The summed E-state index contributed by atoms with van der Waals surface area (Å²) in [7, 11) is 3.80. The second-order valence-electron chi connectivity index (χ2n) is 5.77. The molecule has 0 amide bonds. The molecule has 1 aliphatic carbocycles. The van der Waals surface area contributed by atoms with Crippen LogP contribution in [-0.4, -0.2) is 35.1 Å². The minimum absolute atomic E-state index is 0.268. The topological polar surface area (TPSA) is 80.0 Å². The van der Waals surface area contributed by atoms with Gasteiger partial charge in [0, 0.05) is 20.1 Å². The van der Waals surface area contributed by atoms with Gasteiger partial charge in [-0.05, 0) is 25.2 Å². The second kappa shape index (κ2) is 6.72. The maximum Gasteiger partial charge on any atom is 0.231 e. The third kappa shape index (κ3) is 3.71.